The van der Waals surface area contributed by atoms with Gasteiger partial charge in [-0.05, 0) is 36.1 Å². The van der Waals surface area contributed by atoms with Crippen molar-refractivity contribution >= 4 is 33.1 Å². The van der Waals surface area contributed by atoms with Crippen molar-refractivity contribution in [2.24, 2.45) is 10.2 Å². The lowest BCUT2D eigenvalue weighted by Crippen LogP contribution is -1.97. The Bertz CT molecular complexity index is 1190. The van der Waals surface area contributed by atoms with E-state index in [2.05, 4.69) is 10.2 Å². The molecule has 0 saturated carbocycles. The fraction of sp³-hybridized carbons (Fsp3) is 0.0500. The molecule has 0 bridgehead atoms. The molecule has 0 aliphatic carbocycles. The van der Waals surface area contributed by atoms with E-state index in [1.54, 1.807) is 18.2 Å². The van der Waals surface area contributed by atoms with Crippen molar-refractivity contribution in [3.05, 3.63) is 76.6 Å². The Morgan fingerprint density at radius 1 is 0.920 bits per heavy atom. The maximum Gasteiger partial charge on any atom is 0.336 e. The highest BCUT2D eigenvalue weighted by Crippen LogP contribution is 2.35. The van der Waals surface area contributed by atoms with Gasteiger partial charge in [0, 0.05) is 22.9 Å². The van der Waals surface area contributed by atoms with Crippen molar-refractivity contribution in [1.29, 1.82) is 0 Å². The van der Waals surface area contributed by atoms with E-state index in [4.69, 9.17) is 4.42 Å². The van der Waals surface area contributed by atoms with Crippen LogP contribution in [0.4, 0.5) is 11.4 Å². The molecule has 1 N–H and O–H groups in total. The first-order valence-electron chi connectivity index (χ1n) is 7.79. The molecule has 0 aliphatic rings. The normalized spacial score (nSPS) is 11.6. The summed E-state index contributed by atoms with van der Waals surface area (Å²) in [4.78, 5) is 11.5. The van der Waals surface area contributed by atoms with E-state index in [1.165, 1.54) is 6.07 Å². The smallest absolute Gasteiger partial charge is 0.336 e. The predicted molar refractivity (Wildman–Crippen MR) is 97.0 cm³/mol. The summed E-state index contributed by atoms with van der Waals surface area (Å²) in [5, 5.41) is 21.2. The lowest BCUT2D eigenvalue weighted by Gasteiger charge is -2.03. The topological polar surface area (TPSA) is 75.2 Å². The first kappa shape index (κ1) is 15.1. The summed E-state index contributed by atoms with van der Waals surface area (Å²) < 4.78 is 5.21. The molecular formula is C20H14N2O3. The van der Waals surface area contributed by atoms with Crippen LogP contribution in [-0.4, -0.2) is 5.11 Å². The Balaban J connectivity index is 1.76. The number of rotatable bonds is 2. The van der Waals surface area contributed by atoms with Crippen LogP contribution in [0, 0.1) is 6.92 Å². The van der Waals surface area contributed by atoms with Crippen molar-refractivity contribution in [2.45, 2.75) is 6.92 Å². The summed E-state index contributed by atoms with van der Waals surface area (Å²) in [6, 6.07) is 17.9. The second kappa shape index (κ2) is 5.87. The second-order valence-electron chi connectivity index (χ2n) is 5.78. The van der Waals surface area contributed by atoms with Gasteiger partial charge in [-0.2, -0.15) is 5.11 Å². The first-order valence-corrected chi connectivity index (χ1v) is 7.79. The summed E-state index contributed by atoms with van der Waals surface area (Å²) in [5.74, 6) is 0.0880. The fourth-order valence-electron chi connectivity index (χ4n) is 2.81. The van der Waals surface area contributed by atoms with Gasteiger partial charge in [0.15, 0.2) is 5.75 Å². The summed E-state index contributed by atoms with van der Waals surface area (Å²) in [6.45, 7) is 1.85. The van der Waals surface area contributed by atoms with Gasteiger partial charge in [0.1, 0.15) is 11.3 Å². The van der Waals surface area contributed by atoms with E-state index in [0.29, 0.717) is 17.0 Å². The number of fused-ring (bicyclic) bond motifs is 2. The highest BCUT2D eigenvalue weighted by atomic mass is 16.4. The van der Waals surface area contributed by atoms with E-state index in [1.807, 2.05) is 43.3 Å². The molecule has 25 heavy (non-hydrogen) atoms. The molecule has 5 heteroatoms. The van der Waals surface area contributed by atoms with Gasteiger partial charge in [-0.3, -0.25) is 0 Å². The van der Waals surface area contributed by atoms with Crippen LogP contribution >= 0.6 is 0 Å². The van der Waals surface area contributed by atoms with Crippen LogP contribution in [0.15, 0.2) is 80.1 Å². The Labute approximate surface area is 142 Å². The number of phenolic OH excluding ortho intramolecular Hbond substituents is 1. The minimum atomic E-state index is -0.397. The third-order valence-electron chi connectivity index (χ3n) is 4.09. The quantitative estimate of drug-likeness (QED) is 0.396. The van der Waals surface area contributed by atoms with E-state index in [0.717, 1.165) is 21.7 Å². The number of azo groups is 1. The number of aryl methyl sites for hydroxylation is 1. The lowest BCUT2D eigenvalue weighted by molar-refractivity contribution is 0.482. The highest BCUT2D eigenvalue weighted by molar-refractivity contribution is 5.92. The average Bonchev–Trinajstić information content (AvgIpc) is 2.61. The number of nitrogens with zero attached hydrogens (tertiary/aromatic N) is 2. The van der Waals surface area contributed by atoms with Gasteiger partial charge in [-0.25, -0.2) is 4.79 Å². The summed E-state index contributed by atoms with van der Waals surface area (Å²) >= 11 is 0. The molecule has 122 valence electrons. The molecule has 0 atom stereocenters. The van der Waals surface area contributed by atoms with E-state index in [9.17, 15) is 9.90 Å². The number of aromatic hydroxyl groups is 1. The van der Waals surface area contributed by atoms with Crippen molar-refractivity contribution in [3.63, 3.8) is 0 Å². The first-order chi connectivity index (χ1) is 12.1. The fourth-order valence-corrected chi connectivity index (χ4v) is 2.81. The zero-order valence-electron chi connectivity index (χ0n) is 13.4. The second-order valence-corrected chi connectivity index (χ2v) is 5.78. The van der Waals surface area contributed by atoms with Gasteiger partial charge in [-0.1, -0.05) is 30.3 Å². The third-order valence-corrected chi connectivity index (χ3v) is 4.09. The maximum absolute atomic E-state index is 11.5. The maximum atomic E-state index is 11.5. The van der Waals surface area contributed by atoms with Crippen LogP contribution in [0.3, 0.4) is 0 Å². The van der Waals surface area contributed by atoms with E-state index < -0.39 is 5.63 Å². The molecule has 0 spiro atoms. The van der Waals surface area contributed by atoms with Crippen LogP contribution < -0.4 is 5.63 Å². The third kappa shape index (κ3) is 2.76. The predicted octanol–water partition coefficient (Wildman–Crippen LogP) is 5.38. The van der Waals surface area contributed by atoms with Gasteiger partial charge < -0.3 is 9.52 Å². The molecule has 3 aromatic carbocycles. The van der Waals surface area contributed by atoms with E-state index in [-0.39, 0.29) is 5.75 Å². The van der Waals surface area contributed by atoms with Gasteiger partial charge in [-0.15, -0.1) is 5.11 Å². The average molecular weight is 330 g/mol. The Hall–Kier alpha value is -3.47. The van der Waals surface area contributed by atoms with Crippen LogP contribution in [0.1, 0.15) is 5.56 Å². The molecule has 0 saturated heterocycles. The zero-order chi connectivity index (χ0) is 17.4. The molecule has 4 rings (SSSR count). The molecular weight excluding hydrogens is 316 g/mol. The number of benzene rings is 3. The summed E-state index contributed by atoms with van der Waals surface area (Å²) in [6.07, 6.45) is 0. The van der Waals surface area contributed by atoms with E-state index >= 15 is 0 Å². The molecule has 0 aliphatic heterocycles. The van der Waals surface area contributed by atoms with Crippen molar-refractivity contribution in [1.82, 2.24) is 0 Å². The summed E-state index contributed by atoms with van der Waals surface area (Å²) in [5.41, 5.74) is 1.83. The van der Waals surface area contributed by atoms with Crippen LogP contribution in [0.5, 0.6) is 5.75 Å². The molecule has 5 nitrogen and oxygen atoms in total. The largest absolute Gasteiger partial charge is 0.505 e. The minimum Gasteiger partial charge on any atom is -0.505 e. The van der Waals surface area contributed by atoms with Gasteiger partial charge in [0.2, 0.25) is 0 Å². The van der Waals surface area contributed by atoms with Gasteiger partial charge >= 0.3 is 5.63 Å². The molecule has 4 aromatic rings. The Morgan fingerprint density at radius 3 is 2.64 bits per heavy atom. The zero-order valence-corrected chi connectivity index (χ0v) is 13.4. The van der Waals surface area contributed by atoms with Crippen molar-refractivity contribution < 1.29 is 9.52 Å². The number of hydrogen-bond donors (Lipinski definition) is 1. The molecule has 0 fully saturated rings. The minimum absolute atomic E-state index is 0.0880. The van der Waals surface area contributed by atoms with Crippen molar-refractivity contribution in [2.75, 3.05) is 0 Å². The lowest BCUT2D eigenvalue weighted by atomic mass is 10.1. The van der Waals surface area contributed by atoms with Crippen molar-refractivity contribution in [3.8, 4) is 5.75 Å². The van der Waals surface area contributed by atoms with Gasteiger partial charge in [0.05, 0.1) is 5.69 Å². The highest BCUT2D eigenvalue weighted by Gasteiger charge is 2.06. The van der Waals surface area contributed by atoms with Gasteiger partial charge in [0.25, 0.3) is 0 Å². The Morgan fingerprint density at radius 2 is 1.76 bits per heavy atom. The number of phenols is 1. The van der Waals surface area contributed by atoms with Crippen LogP contribution in [-0.2, 0) is 0 Å². The molecule has 0 amide bonds. The summed E-state index contributed by atoms with van der Waals surface area (Å²) in [7, 11) is 0. The van der Waals surface area contributed by atoms with Crippen LogP contribution in [0.2, 0.25) is 0 Å². The molecule has 1 aromatic heterocycles. The number of hydrogen-bond acceptors (Lipinski definition) is 5. The SMILES string of the molecule is Cc1cc(=O)oc2cc(N=Nc3ccc4ccccc4c3O)ccc12. The standard InChI is InChI=1S/C20H14N2O3/c1-12-10-19(23)25-18-11-14(7-8-15(12)18)21-22-17-9-6-13-4-2-3-5-16(13)20(17)24/h2-11,24H,1H3. The molecule has 0 radical (unpaired) electrons. The monoisotopic (exact) mass is 330 g/mol. The molecule has 0 unspecified atom stereocenters. The van der Waals surface area contributed by atoms with Crippen LogP contribution in [0.25, 0.3) is 21.7 Å². The molecule has 1 heterocycles. The Kier molecular flexibility index (Phi) is 3.54.